The van der Waals surface area contributed by atoms with Crippen molar-refractivity contribution in [3.05, 3.63) is 223 Å². The monoisotopic (exact) mass is 829 g/mol. The Hall–Kier alpha value is -8.27. The molecular formula is C62H43N3. The molecule has 0 saturated heterocycles. The Kier molecular flexibility index (Phi) is 8.41. The quantitative estimate of drug-likeness (QED) is 0.175. The van der Waals surface area contributed by atoms with E-state index >= 15 is 0 Å². The molecule has 0 aliphatic carbocycles. The Morgan fingerprint density at radius 1 is 0.462 bits per heavy atom. The van der Waals surface area contributed by atoms with Crippen LogP contribution in [0, 0.1) is 6.92 Å². The third kappa shape index (κ3) is 5.65. The molecule has 1 aliphatic rings. The summed E-state index contributed by atoms with van der Waals surface area (Å²) in [6, 6.07) is 67.8. The van der Waals surface area contributed by atoms with E-state index in [9.17, 15) is 0 Å². The maximum atomic E-state index is 4.44. The zero-order valence-electron chi connectivity index (χ0n) is 36.2. The number of nitrogens with one attached hydrogen (secondary N) is 1. The summed E-state index contributed by atoms with van der Waals surface area (Å²) in [5, 5.41) is 18.4. The molecule has 3 heterocycles. The Morgan fingerprint density at radius 2 is 0.985 bits per heavy atom. The molecule has 3 heteroatoms. The number of benzene rings is 10. The molecular weight excluding hydrogens is 787 g/mol. The normalized spacial score (nSPS) is 13.0. The van der Waals surface area contributed by atoms with Gasteiger partial charge in [-0.2, -0.15) is 0 Å². The number of fused-ring (bicyclic) bond motifs is 9. The van der Waals surface area contributed by atoms with Crippen LogP contribution in [-0.2, 0) is 0 Å². The minimum absolute atomic E-state index is 0.821. The lowest BCUT2D eigenvalue weighted by Gasteiger charge is -2.21. The molecule has 3 nitrogen and oxygen atoms in total. The lowest BCUT2D eigenvalue weighted by atomic mass is 9.83. The summed E-state index contributed by atoms with van der Waals surface area (Å²) in [6.45, 7) is 5.19. The molecule has 0 spiro atoms. The number of pyridine rings is 1. The van der Waals surface area contributed by atoms with E-state index in [-0.39, 0.29) is 0 Å². The van der Waals surface area contributed by atoms with Gasteiger partial charge < -0.3 is 9.88 Å². The summed E-state index contributed by atoms with van der Waals surface area (Å²) < 4.78 is 2.50. The Bertz CT molecular complexity index is 3900. The van der Waals surface area contributed by atoms with Crippen LogP contribution in [0.3, 0.4) is 0 Å². The fourth-order valence-corrected chi connectivity index (χ4v) is 11.1. The fraction of sp³-hybridized carbons (Fsp3) is 0.0484. The van der Waals surface area contributed by atoms with Crippen molar-refractivity contribution < 1.29 is 0 Å². The van der Waals surface area contributed by atoms with E-state index in [2.05, 4.69) is 223 Å². The van der Waals surface area contributed by atoms with Crippen LogP contribution in [0.15, 0.2) is 212 Å². The zero-order valence-corrected chi connectivity index (χ0v) is 36.2. The fourth-order valence-electron chi connectivity index (χ4n) is 11.1. The number of aromatic nitrogens is 2. The molecule has 306 valence electrons. The Labute approximate surface area is 377 Å². The molecule has 10 aromatic carbocycles. The summed E-state index contributed by atoms with van der Waals surface area (Å²) in [5.41, 5.74) is 16.0. The molecule has 12 aromatic rings. The molecule has 0 amide bonds. The van der Waals surface area contributed by atoms with Crippen molar-refractivity contribution in [1.82, 2.24) is 14.9 Å². The zero-order chi connectivity index (χ0) is 43.2. The van der Waals surface area contributed by atoms with E-state index < -0.39 is 0 Å². The van der Waals surface area contributed by atoms with Gasteiger partial charge in [0.05, 0.1) is 11.0 Å². The topological polar surface area (TPSA) is 29.9 Å². The highest BCUT2D eigenvalue weighted by Gasteiger charge is 2.23. The van der Waals surface area contributed by atoms with Gasteiger partial charge in [0, 0.05) is 47.0 Å². The molecule has 0 bridgehead atoms. The first-order valence-electron chi connectivity index (χ1n) is 22.6. The van der Waals surface area contributed by atoms with Gasteiger partial charge in [-0.25, -0.2) is 0 Å². The number of para-hydroxylation sites is 1. The summed E-state index contributed by atoms with van der Waals surface area (Å²) in [6.07, 6.45) is 8.37. The van der Waals surface area contributed by atoms with Crippen molar-refractivity contribution in [2.75, 3.05) is 6.54 Å². The lowest BCUT2D eigenvalue weighted by molar-refractivity contribution is 0.960. The predicted octanol–water partition coefficient (Wildman–Crippen LogP) is 16.1. The molecule has 1 N–H and O–H groups in total. The van der Waals surface area contributed by atoms with Crippen molar-refractivity contribution in [2.24, 2.45) is 0 Å². The van der Waals surface area contributed by atoms with Gasteiger partial charge in [0.2, 0.25) is 0 Å². The van der Waals surface area contributed by atoms with Gasteiger partial charge in [-0.05, 0) is 148 Å². The van der Waals surface area contributed by atoms with E-state index in [0.717, 1.165) is 12.2 Å². The second kappa shape index (κ2) is 14.7. The maximum Gasteiger partial charge on any atom is 0.0619 e. The van der Waals surface area contributed by atoms with Crippen LogP contribution in [0.5, 0.6) is 0 Å². The summed E-state index contributed by atoms with van der Waals surface area (Å²) in [5.74, 6) is 0. The van der Waals surface area contributed by atoms with Gasteiger partial charge >= 0.3 is 0 Å². The van der Waals surface area contributed by atoms with Crippen molar-refractivity contribution in [1.29, 1.82) is 0 Å². The number of rotatable bonds is 5. The van der Waals surface area contributed by atoms with Gasteiger partial charge in [-0.1, -0.05) is 158 Å². The molecule has 65 heavy (non-hydrogen) atoms. The van der Waals surface area contributed by atoms with Gasteiger partial charge in [-0.15, -0.1) is 0 Å². The van der Waals surface area contributed by atoms with Crippen LogP contribution < -0.4 is 5.32 Å². The highest BCUT2D eigenvalue weighted by Crippen LogP contribution is 2.48. The van der Waals surface area contributed by atoms with Gasteiger partial charge in [-0.3, -0.25) is 4.98 Å². The van der Waals surface area contributed by atoms with Crippen LogP contribution in [-0.4, -0.2) is 16.1 Å². The SMILES string of the molecule is CC1=CNCC=C1c1c2ccccc2c(-c2ccc3c4ccc5cc(-c6c7ccccc7c(-c7ccncc7C)c7ccccc67)ccc5c4n(-c4ccccc4)c3c2)c2ccccc12. The molecule has 0 fully saturated rings. The number of allylic oxidation sites excluding steroid dienone is 2. The molecule has 13 rings (SSSR count). The Balaban J connectivity index is 1.06. The lowest BCUT2D eigenvalue weighted by Crippen LogP contribution is -2.11. The second-order valence-electron chi connectivity index (χ2n) is 17.5. The van der Waals surface area contributed by atoms with Crippen LogP contribution in [0.4, 0.5) is 0 Å². The average molecular weight is 830 g/mol. The number of aryl methyl sites for hydroxylation is 1. The number of hydrogen-bond donors (Lipinski definition) is 1. The third-order valence-corrected chi connectivity index (χ3v) is 13.9. The van der Waals surface area contributed by atoms with Gasteiger partial charge in [0.1, 0.15) is 0 Å². The molecule has 0 atom stereocenters. The van der Waals surface area contributed by atoms with E-state index in [4.69, 9.17) is 0 Å². The van der Waals surface area contributed by atoms with Crippen LogP contribution in [0.25, 0.3) is 120 Å². The molecule has 0 radical (unpaired) electrons. The minimum Gasteiger partial charge on any atom is -0.387 e. The standard InChI is InChI=1S/C62H43N3/c1-38-36-63-32-30-44(38)60-52-20-10-6-16-48(52)58(49-17-7-11-21-53(49)60)41-25-27-46-40(34-41)24-29-56-47-28-26-42(35-57(47)65(62(46)56)43-14-4-3-5-15-43)59-50-18-8-12-22-54(50)61(45-31-33-64-37-39(45)2)55-23-13-9-19-51(55)59/h3-32,34-37,64H,33H2,1-2H3. The van der Waals surface area contributed by atoms with Crippen molar-refractivity contribution >= 4 is 81.2 Å². The van der Waals surface area contributed by atoms with E-state index in [1.807, 2.05) is 12.4 Å². The molecule has 1 aliphatic heterocycles. The van der Waals surface area contributed by atoms with Crippen LogP contribution in [0.1, 0.15) is 18.1 Å². The smallest absolute Gasteiger partial charge is 0.0619 e. The summed E-state index contributed by atoms with van der Waals surface area (Å²) in [4.78, 5) is 4.44. The van der Waals surface area contributed by atoms with Crippen LogP contribution >= 0.6 is 0 Å². The van der Waals surface area contributed by atoms with E-state index in [0.29, 0.717) is 0 Å². The number of hydrogen-bond acceptors (Lipinski definition) is 2. The summed E-state index contributed by atoms with van der Waals surface area (Å²) >= 11 is 0. The highest BCUT2D eigenvalue weighted by atomic mass is 15.0. The largest absolute Gasteiger partial charge is 0.387 e. The average Bonchev–Trinajstić information content (AvgIpc) is 3.69. The van der Waals surface area contributed by atoms with E-state index in [1.165, 1.54) is 131 Å². The van der Waals surface area contributed by atoms with Crippen LogP contribution in [0.2, 0.25) is 0 Å². The Morgan fingerprint density at radius 3 is 1.57 bits per heavy atom. The van der Waals surface area contributed by atoms with Crippen molar-refractivity contribution in [3.8, 4) is 39.1 Å². The highest BCUT2D eigenvalue weighted by molar-refractivity contribution is 6.25. The first-order chi connectivity index (χ1) is 32.1. The second-order valence-corrected chi connectivity index (χ2v) is 17.5. The first kappa shape index (κ1) is 37.3. The first-order valence-corrected chi connectivity index (χ1v) is 22.6. The van der Waals surface area contributed by atoms with Gasteiger partial charge in [0.15, 0.2) is 0 Å². The van der Waals surface area contributed by atoms with Gasteiger partial charge in [0.25, 0.3) is 0 Å². The molecule has 0 saturated carbocycles. The predicted molar refractivity (Wildman–Crippen MR) is 277 cm³/mol. The summed E-state index contributed by atoms with van der Waals surface area (Å²) in [7, 11) is 0. The molecule has 0 unspecified atom stereocenters. The molecule has 2 aromatic heterocycles. The van der Waals surface area contributed by atoms with Crippen molar-refractivity contribution in [3.63, 3.8) is 0 Å². The third-order valence-electron chi connectivity index (χ3n) is 13.9. The van der Waals surface area contributed by atoms with E-state index in [1.54, 1.807) is 0 Å². The number of dihydropyridines is 1. The maximum absolute atomic E-state index is 4.44. The van der Waals surface area contributed by atoms with Crippen molar-refractivity contribution in [2.45, 2.75) is 13.8 Å². The minimum atomic E-state index is 0.821. The number of nitrogens with zero attached hydrogens (tertiary/aromatic N) is 2.